The summed E-state index contributed by atoms with van der Waals surface area (Å²) in [7, 11) is 3.79. The molecule has 1 fully saturated rings. The molecule has 3 N–H and O–H groups in total. The van der Waals surface area contributed by atoms with Crippen molar-refractivity contribution in [1.29, 1.82) is 0 Å². The molecule has 1 unspecified atom stereocenters. The van der Waals surface area contributed by atoms with Crippen LogP contribution in [0.2, 0.25) is 0 Å². The number of ether oxygens (including phenoxy) is 1. The van der Waals surface area contributed by atoms with Crippen molar-refractivity contribution in [2.45, 2.75) is 24.4 Å². The van der Waals surface area contributed by atoms with Gasteiger partial charge in [-0.3, -0.25) is 4.79 Å². The molecule has 1 aliphatic rings. The van der Waals surface area contributed by atoms with Gasteiger partial charge < -0.3 is 20.7 Å². The van der Waals surface area contributed by atoms with Crippen LogP contribution < -0.4 is 11.1 Å². The van der Waals surface area contributed by atoms with Crippen LogP contribution in [0.3, 0.4) is 0 Å². The number of hydrogen-bond donors (Lipinski definition) is 2. The van der Waals surface area contributed by atoms with Crippen molar-refractivity contribution in [3.63, 3.8) is 0 Å². The van der Waals surface area contributed by atoms with Gasteiger partial charge in [0.15, 0.2) is 0 Å². The Labute approximate surface area is 130 Å². The van der Waals surface area contributed by atoms with Crippen molar-refractivity contribution < 1.29 is 13.9 Å². The van der Waals surface area contributed by atoms with E-state index in [1.54, 1.807) is 6.07 Å². The van der Waals surface area contributed by atoms with Gasteiger partial charge in [0, 0.05) is 19.8 Å². The number of nitrogens with zero attached hydrogens (tertiary/aromatic N) is 1. The molecule has 0 aliphatic carbocycles. The zero-order chi connectivity index (χ0) is 16.2. The number of amides is 1. The first-order valence-corrected chi connectivity index (χ1v) is 7.49. The minimum absolute atomic E-state index is 0.108. The number of halogens is 1. The number of benzene rings is 1. The molecule has 22 heavy (non-hydrogen) atoms. The molecule has 0 spiro atoms. The largest absolute Gasteiger partial charge is 0.381 e. The number of likely N-dealkylation sites (N-methyl/N-ethyl adjacent to an activating group) is 1. The molecule has 0 aromatic heterocycles. The van der Waals surface area contributed by atoms with Gasteiger partial charge in [-0.15, -0.1) is 0 Å². The highest BCUT2D eigenvalue weighted by atomic mass is 19.1. The molecule has 1 aromatic rings. The van der Waals surface area contributed by atoms with Gasteiger partial charge in [0.05, 0.1) is 11.6 Å². The van der Waals surface area contributed by atoms with Crippen LogP contribution in [0.4, 0.5) is 4.39 Å². The molecule has 5 nitrogen and oxygen atoms in total. The van der Waals surface area contributed by atoms with Crippen molar-refractivity contribution >= 4 is 5.91 Å². The number of nitrogens with one attached hydrogen (secondary N) is 1. The molecule has 0 saturated carbocycles. The van der Waals surface area contributed by atoms with Crippen molar-refractivity contribution in [3.05, 3.63) is 35.6 Å². The molecule has 0 radical (unpaired) electrons. The normalized spacial score (nSPS) is 19.0. The number of nitrogens with two attached hydrogens (primary N) is 1. The van der Waals surface area contributed by atoms with E-state index in [0.29, 0.717) is 32.6 Å². The highest BCUT2D eigenvalue weighted by Gasteiger charge is 2.36. The Morgan fingerprint density at radius 3 is 2.73 bits per heavy atom. The monoisotopic (exact) mass is 309 g/mol. The van der Waals surface area contributed by atoms with Crippen molar-refractivity contribution in [2.24, 2.45) is 5.73 Å². The summed E-state index contributed by atoms with van der Waals surface area (Å²) in [5.74, 6) is -0.450. The van der Waals surface area contributed by atoms with Gasteiger partial charge in [-0.05, 0) is 44.6 Å². The zero-order valence-electron chi connectivity index (χ0n) is 13.1. The van der Waals surface area contributed by atoms with Crippen LogP contribution in [0.1, 0.15) is 24.4 Å². The minimum atomic E-state index is -0.864. The predicted molar refractivity (Wildman–Crippen MR) is 82.8 cm³/mol. The van der Waals surface area contributed by atoms with Gasteiger partial charge in [0.2, 0.25) is 5.91 Å². The summed E-state index contributed by atoms with van der Waals surface area (Å²) < 4.78 is 18.7. The minimum Gasteiger partial charge on any atom is -0.381 e. The Hall–Kier alpha value is -1.50. The van der Waals surface area contributed by atoms with E-state index in [2.05, 4.69) is 5.32 Å². The number of rotatable bonds is 5. The summed E-state index contributed by atoms with van der Waals surface area (Å²) in [6.45, 7) is 1.39. The SMILES string of the molecule is CN(C)C(CNC(=O)C1(N)CCOCC1)c1cccc(F)c1. The van der Waals surface area contributed by atoms with E-state index < -0.39 is 5.54 Å². The molecule has 1 aromatic carbocycles. The quantitative estimate of drug-likeness (QED) is 0.853. The van der Waals surface area contributed by atoms with Crippen molar-refractivity contribution in [3.8, 4) is 0 Å². The Kier molecular flexibility index (Phi) is 5.50. The molecular weight excluding hydrogens is 285 g/mol. The standard InChI is InChI=1S/C16H24FN3O2/c1-20(2)14(12-4-3-5-13(17)10-12)11-19-15(21)16(18)6-8-22-9-7-16/h3-5,10,14H,6-9,11,18H2,1-2H3,(H,19,21). The maximum Gasteiger partial charge on any atom is 0.240 e. The van der Waals surface area contributed by atoms with E-state index in [4.69, 9.17) is 10.5 Å². The van der Waals surface area contributed by atoms with E-state index in [0.717, 1.165) is 5.56 Å². The Morgan fingerprint density at radius 1 is 1.45 bits per heavy atom. The number of hydrogen-bond acceptors (Lipinski definition) is 4. The molecule has 122 valence electrons. The average Bonchev–Trinajstić information content (AvgIpc) is 2.47. The predicted octanol–water partition coefficient (Wildman–Crippen LogP) is 1.05. The van der Waals surface area contributed by atoms with Gasteiger partial charge in [-0.25, -0.2) is 4.39 Å². The van der Waals surface area contributed by atoms with Crippen LogP contribution >= 0.6 is 0 Å². The molecule has 1 amide bonds. The molecule has 6 heteroatoms. The first kappa shape index (κ1) is 16.9. The van der Waals surface area contributed by atoms with Gasteiger partial charge in [-0.1, -0.05) is 12.1 Å². The maximum absolute atomic E-state index is 13.4. The van der Waals surface area contributed by atoms with Crippen molar-refractivity contribution in [2.75, 3.05) is 33.9 Å². The third-order valence-electron chi connectivity index (χ3n) is 4.15. The zero-order valence-corrected chi connectivity index (χ0v) is 13.1. The van der Waals surface area contributed by atoms with Crippen LogP contribution in [-0.4, -0.2) is 50.2 Å². The fourth-order valence-corrected chi connectivity index (χ4v) is 2.64. The summed E-state index contributed by atoms with van der Waals surface area (Å²) in [5.41, 5.74) is 6.12. The van der Waals surface area contributed by atoms with Crippen LogP contribution in [0.15, 0.2) is 24.3 Å². The fraction of sp³-hybridized carbons (Fsp3) is 0.562. The number of carbonyl (C=O) groups excluding carboxylic acids is 1. The number of carbonyl (C=O) groups is 1. The second-order valence-electron chi connectivity index (χ2n) is 6.01. The molecule has 0 bridgehead atoms. The first-order valence-electron chi connectivity index (χ1n) is 7.49. The van der Waals surface area contributed by atoms with Crippen LogP contribution in [-0.2, 0) is 9.53 Å². The van der Waals surface area contributed by atoms with Crippen LogP contribution in [0.25, 0.3) is 0 Å². The van der Waals surface area contributed by atoms with Gasteiger partial charge >= 0.3 is 0 Å². The second-order valence-corrected chi connectivity index (χ2v) is 6.01. The summed E-state index contributed by atoms with van der Waals surface area (Å²) in [5, 5.41) is 2.91. The average molecular weight is 309 g/mol. The van der Waals surface area contributed by atoms with Gasteiger partial charge in [0.25, 0.3) is 0 Å². The molecule has 2 rings (SSSR count). The lowest BCUT2D eigenvalue weighted by atomic mass is 9.90. The second kappa shape index (κ2) is 7.17. The lowest BCUT2D eigenvalue weighted by Gasteiger charge is -2.33. The van der Waals surface area contributed by atoms with Crippen LogP contribution in [0.5, 0.6) is 0 Å². The fourth-order valence-electron chi connectivity index (χ4n) is 2.64. The smallest absolute Gasteiger partial charge is 0.240 e. The first-order chi connectivity index (χ1) is 10.4. The Morgan fingerprint density at radius 2 is 2.14 bits per heavy atom. The highest BCUT2D eigenvalue weighted by Crippen LogP contribution is 2.20. The summed E-state index contributed by atoms with van der Waals surface area (Å²) in [4.78, 5) is 14.3. The third kappa shape index (κ3) is 4.03. The highest BCUT2D eigenvalue weighted by molar-refractivity contribution is 5.86. The molecule has 1 heterocycles. The van der Waals surface area contributed by atoms with E-state index in [-0.39, 0.29) is 17.8 Å². The Bertz CT molecular complexity index is 516. The topological polar surface area (TPSA) is 67.6 Å². The van der Waals surface area contributed by atoms with E-state index >= 15 is 0 Å². The van der Waals surface area contributed by atoms with E-state index in [1.807, 2.05) is 25.1 Å². The lowest BCUT2D eigenvalue weighted by molar-refractivity contribution is -0.130. The van der Waals surface area contributed by atoms with Crippen molar-refractivity contribution in [1.82, 2.24) is 10.2 Å². The molecule has 1 atom stereocenters. The van der Waals surface area contributed by atoms with Gasteiger partial charge in [0.1, 0.15) is 5.82 Å². The summed E-state index contributed by atoms with van der Waals surface area (Å²) >= 11 is 0. The van der Waals surface area contributed by atoms with E-state index in [1.165, 1.54) is 12.1 Å². The lowest BCUT2D eigenvalue weighted by Crippen LogP contribution is -2.57. The molecule has 1 aliphatic heterocycles. The summed E-state index contributed by atoms with van der Waals surface area (Å²) in [6, 6.07) is 6.32. The molecule has 1 saturated heterocycles. The maximum atomic E-state index is 13.4. The van der Waals surface area contributed by atoms with E-state index in [9.17, 15) is 9.18 Å². The Balaban J connectivity index is 2.01. The molecular formula is C16H24FN3O2. The van der Waals surface area contributed by atoms with Gasteiger partial charge in [-0.2, -0.15) is 0 Å². The summed E-state index contributed by atoms with van der Waals surface area (Å²) in [6.07, 6.45) is 1.04. The van der Waals surface area contributed by atoms with Crippen LogP contribution in [0, 0.1) is 5.82 Å². The third-order valence-corrected chi connectivity index (χ3v) is 4.15.